The van der Waals surface area contributed by atoms with Gasteiger partial charge in [-0.15, -0.1) is 0 Å². The average molecular weight is 472 g/mol. The Labute approximate surface area is 206 Å². The molecule has 2 saturated heterocycles. The number of aromatic nitrogens is 3. The lowest BCUT2D eigenvalue weighted by Gasteiger charge is -2.53. The predicted octanol–water partition coefficient (Wildman–Crippen LogP) is 3.46. The molecule has 182 valence electrons. The van der Waals surface area contributed by atoms with Gasteiger partial charge in [0.05, 0.1) is 6.54 Å². The molecule has 1 aromatic carbocycles. The van der Waals surface area contributed by atoms with Gasteiger partial charge >= 0.3 is 0 Å². The van der Waals surface area contributed by atoms with Crippen LogP contribution in [0.15, 0.2) is 47.2 Å². The number of hydrogen-bond donors (Lipinski definition) is 2. The minimum Gasteiger partial charge on any atom is -0.385 e. The van der Waals surface area contributed by atoms with Crippen LogP contribution in [0.4, 0.5) is 0 Å². The molecule has 1 saturated carbocycles. The lowest BCUT2D eigenvalue weighted by Crippen LogP contribution is -2.60. The first-order valence-corrected chi connectivity index (χ1v) is 12.8. The lowest BCUT2D eigenvalue weighted by molar-refractivity contribution is -0.0136. The van der Waals surface area contributed by atoms with Gasteiger partial charge in [-0.05, 0) is 75.4 Å². The number of aliphatic hydroxyl groups excluding tert-OH is 1. The van der Waals surface area contributed by atoms with Crippen LogP contribution in [0, 0.1) is 23.2 Å². The molecule has 2 aliphatic heterocycles. The number of imidazole rings is 1. The van der Waals surface area contributed by atoms with Crippen molar-refractivity contribution in [1.29, 1.82) is 0 Å². The van der Waals surface area contributed by atoms with Crippen LogP contribution < -0.4 is 5.32 Å². The van der Waals surface area contributed by atoms with Gasteiger partial charge in [-0.25, -0.2) is 4.98 Å². The second-order valence-corrected chi connectivity index (χ2v) is 10.6. The largest absolute Gasteiger partial charge is 0.385 e. The van der Waals surface area contributed by atoms with Crippen LogP contribution >= 0.6 is 0 Å². The maximum Gasteiger partial charge on any atom is 0.167 e. The van der Waals surface area contributed by atoms with Gasteiger partial charge in [0.2, 0.25) is 0 Å². The van der Waals surface area contributed by atoms with Gasteiger partial charge in [-0.3, -0.25) is 4.90 Å². The summed E-state index contributed by atoms with van der Waals surface area (Å²) >= 11 is 0. The van der Waals surface area contributed by atoms with Crippen molar-refractivity contribution in [3.8, 4) is 23.2 Å². The highest BCUT2D eigenvalue weighted by Gasteiger charge is 2.46. The molecule has 7 heteroatoms. The van der Waals surface area contributed by atoms with Crippen LogP contribution in [0.1, 0.15) is 55.8 Å². The summed E-state index contributed by atoms with van der Waals surface area (Å²) in [6, 6.07) is 10.9. The van der Waals surface area contributed by atoms with Crippen LogP contribution in [0.25, 0.3) is 11.3 Å². The zero-order valence-electron chi connectivity index (χ0n) is 20.3. The number of nitrogens with zero attached hydrogens (tertiary/aromatic N) is 4. The first kappa shape index (κ1) is 22.5. The summed E-state index contributed by atoms with van der Waals surface area (Å²) in [5, 5.41) is 17.4. The number of piperidine rings is 1. The number of hydrogen-bond acceptors (Lipinski definition) is 6. The zero-order valence-corrected chi connectivity index (χ0v) is 20.3. The van der Waals surface area contributed by atoms with Crippen LogP contribution in [0.2, 0.25) is 0 Å². The first-order valence-electron chi connectivity index (χ1n) is 12.8. The van der Waals surface area contributed by atoms with E-state index in [1.165, 1.54) is 51.9 Å². The van der Waals surface area contributed by atoms with Gasteiger partial charge in [0.15, 0.2) is 5.76 Å². The molecule has 35 heavy (non-hydrogen) atoms. The Balaban J connectivity index is 1.03. The molecule has 1 spiro atoms. The first-order chi connectivity index (χ1) is 17.1. The highest BCUT2D eigenvalue weighted by atomic mass is 16.5. The van der Waals surface area contributed by atoms with Crippen molar-refractivity contribution < 1.29 is 9.63 Å². The third kappa shape index (κ3) is 4.66. The van der Waals surface area contributed by atoms with Gasteiger partial charge < -0.3 is 19.5 Å². The van der Waals surface area contributed by atoms with E-state index in [0.717, 1.165) is 28.6 Å². The van der Waals surface area contributed by atoms with E-state index in [-0.39, 0.29) is 0 Å². The molecule has 2 N–H and O–H groups in total. The summed E-state index contributed by atoms with van der Waals surface area (Å²) in [5.74, 6) is 8.80. The van der Waals surface area contributed by atoms with E-state index in [1.807, 2.05) is 29.0 Å². The highest BCUT2D eigenvalue weighted by Crippen LogP contribution is 2.52. The summed E-state index contributed by atoms with van der Waals surface area (Å²) in [6.45, 7) is 7.09. The topological polar surface area (TPSA) is 79.4 Å². The van der Waals surface area contributed by atoms with Crippen molar-refractivity contribution in [2.75, 3.05) is 26.2 Å². The summed E-state index contributed by atoms with van der Waals surface area (Å²) < 4.78 is 7.45. The number of aliphatic hydroxyl groups is 1. The van der Waals surface area contributed by atoms with E-state index in [1.54, 1.807) is 13.1 Å². The fraction of sp³-hybridized carbons (Fsp3) is 0.500. The number of likely N-dealkylation sites (tertiary alicyclic amines) is 1. The molecular formula is C28H33N5O2. The summed E-state index contributed by atoms with van der Waals surface area (Å²) in [7, 11) is 0. The summed E-state index contributed by atoms with van der Waals surface area (Å²) in [5.41, 5.74) is 3.37. The van der Waals surface area contributed by atoms with Crippen molar-refractivity contribution in [1.82, 2.24) is 24.9 Å². The smallest absolute Gasteiger partial charge is 0.167 e. The van der Waals surface area contributed by atoms with Crippen molar-refractivity contribution in [2.45, 2.75) is 51.3 Å². The molecule has 1 aliphatic carbocycles. The molecule has 0 unspecified atom stereocenters. The molecule has 1 atom stereocenters. The monoisotopic (exact) mass is 471 g/mol. The number of nitrogens with one attached hydrogen (secondary N) is 1. The Morgan fingerprint density at radius 2 is 1.97 bits per heavy atom. The van der Waals surface area contributed by atoms with E-state index < -0.39 is 6.10 Å². The maximum absolute atomic E-state index is 9.84. The van der Waals surface area contributed by atoms with Gasteiger partial charge in [-0.2, -0.15) is 0 Å². The molecule has 6 rings (SSSR count). The van der Waals surface area contributed by atoms with E-state index in [9.17, 15) is 5.11 Å². The van der Waals surface area contributed by atoms with Gasteiger partial charge in [0.25, 0.3) is 0 Å². The van der Waals surface area contributed by atoms with E-state index in [4.69, 9.17) is 4.52 Å². The standard InChI is InChI=1S/C28H33N5O2/c1-20(34)27-30-10-13-33(27)19-24-14-26(35-31-24)23-6-4-21(5-7-23)2-3-22-15-28(16-22)8-11-32(12-9-28)25-17-29-18-25/h4-7,10,13-14,20,22,25,29,34H,8-9,11-12,15-19H2,1H3/t20-/m0/s1. The lowest BCUT2D eigenvalue weighted by atomic mass is 9.57. The van der Waals surface area contributed by atoms with E-state index in [0.29, 0.717) is 23.7 Å². The zero-order chi connectivity index (χ0) is 23.8. The second kappa shape index (κ2) is 9.27. The van der Waals surface area contributed by atoms with E-state index in [2.05, 4.69) is 44.3 Å². The highest BCUT2D eigenvalue weighted by molar-refractivity contribution is 5.59. The van der Waals surface area contributed by atoms with Crippen LogP contribution in [0.5, 0.6) is 0 Å². The molecule has 3 aromatic rings. The number of rotatable bonds is 5. The minimum atomic E-state index is -0.627. The molecule has 0 bridgehead atoms. The Kier molecular flexibility index (Phi) is 5.97. The third-order valence-electron chi connectivity index (χ3n) is 8.10. The molecule has 0 radical (unpaired) electrons. The van der Waals surface area contributed by atoms with Crippen molar-refractivity contribution in [3.05, 3.63) is 59.8 Å². The third-order valence-corrected chi connectivity index (χ3v) is 8.10. The Hall–Kier alpha value is -2.92. The van der Waals surface area contributed by atoms with Crippen molar-refractivity contribution in [2.24, 2.45) is 11.3 Å². The maximum atomic E-state index is 9.84. The number of benzene rings is 1. The van der Waals surface area contributed by atoms with Gasteiger partial charge in [0, 0.05) is 54.6 Å². The quantitative estimate of drug-likeness (QED) is 0.555. The molecular weight excluding hydrogens is 438 g/mol. The Morgan fingerprint density at radius 1 is 1.20 bits per heavy atom. The Morgan fingerprint density at radius 3 is 2.66 bits per heavy atom. The van der Waals surface area contributed by atoms with Crippen molar-refractivity contribution in [3.63, 3.8) is 0 Å². The Bertz CT molecular complexity index is 1210. The molecule has 2 aromatic heterocycles. The van der Waals surface area contributed by atoms with Crippen LogP contribution in [-0.2, 0) is 6.54 Å². The summed E-state index contributed by atoms with van der Waals surface area (Å²) in [4.78, 5) is 6.89. The normalized spacial score (nSPS) is 21.2. The minimum absolute atomic E-state index is 0.506. The fourth-order valence-electron chi connectivity index (χ4n) is 5.81. The molecule has 4 heterocycles. The molecule has 3 aliphatic rings. The molecule has 3 fully saturated rings. The van der Waals surface area contributed by atoms with Crippen LogP contribution in [-0.4, -0.2) is 56.9 Å². The second-order valence-electron chi connectivity index (χ2n) is 10.6. The van der Waals surface area contributed by atoms with E-state index >= 15 is 0 Å². The fourth-order valence-corrected chi connectivity index (χ4v) is 5.81. The molecule has 0 amide bonds. The van der Waals surface area contributed by atoms with Gasteiger partial charge in [-0.1, -0.05) is 17.0 Å². The average Bonchev–Trinajstić information content (AvgIpc) is 3.47. The van der Waals surface area contributed by atoms with Crippen LogP contribution in [0.3, 0.4) is 0 Å². The van der Waals surface area contributed by atoms with Gasteiger partial charge in [0.1, 0.15) is 17.6 Å². The predicted molar refractivity (Wildman–Crippen MR) is 133 cm³/mol. The SMILES string of the molecule is C[C@H](O)c1nccn1Cc1cc(-c2ccc(C#CC3CC4(CCN(C5CNC5)CC4)C3)cc2)on1. The summed E-state index contributed by atoms with van der Waals surface area (Å²) in [6.07, 6.45) is 8.12. The molecule has 7 nitrogen and oxygen atoms in total. The van der Waals surface area contributed by atoms with Crippen molar-refractivity contribution >= 4 is 0 Å².